The third kappa shape index (κ3) is 4.75. The third-order valence-electron chi connectivity index (χ3n) is 6.12. The molecule has 8 nitrogen and oxygen atoms in total. The molecule has 0 bridgehead atoms. The minimum absolute atomic E-state index is 0.0152. The second-order valence-electron chi connectivity index (χ2n) is 8.07. The quantitative estimate of drug-likeness (QED) is 0.365. The molecule has 4 rings (SSSR count). The van der Waals surface area contributed by atoms with Crippen LogP contribution in [0.2, 0.25) is 5.02 Å². The minimum Gasteiger partial charge on any atom is -0.507 e. The Balaban J connectivity index is 1.76. The number of halogens is 1. The number of aliphatic hydroxyl groups excluding tert-OH is 1. The number of aliphatic hydroxyl groups is 1. The molecule has 2 aromatic carbocycles. The Bertz CT molecular complexity index is 1110. The fourth-order valence-electron chi connectivity index (χ4n) is 4.35. The SMILES string of the molecule is COc1ccc(/C(O)=C2/C(=O)C(=O)N(CCN3CCOCC3)C2c2cccc(Cl)c2)cc1OC. The smallest absolute Gasteiger partial charge is 0.295 e. The molecule has 0 saturated carbocycles. The van der Waals surface area contributed by atoms with E-state index in [0.717, 1.165) is 13.1 Å². The van der Waals surface area contributed by atoms with E-state index >= 15 is 0 Å². The van der Waals surface area contributed by atoms with Crippen LogP contribution in [-0.4, -0.2) is 80.2 Å². The number of ketones is 1. The highest BCUT2D eigenvalue weighted by molar-refractivity contribution is 6.46. The average Bonchev–Trinajstić information content (AvgIpc) is 3.12. The van der Waals surface area contributed by atoms with Crippen molar-refractivity contribution in [3.63, 3.8) is 0 Å². The molecular weight excluding hydrogens is 460 g/mol. The number of amides is 1. The maximum atomic E-state index is 13.2. The molecule has 1 atom stereocenters. The number of carbonyl (C=O) groups excluding carboxylic acids is 2. The highest BCUT2D eigenvalue weighted by atomic mass is 35.5. The Morgan fingerprint density at radius 2 is 1.79 bits per heavy atom. The third-order valence-corrected chi connectivity index (χ3v) is 6.36. The number of methoxy groups -OCH3 is 2. The molecule has 34 heavy (non-hydrogen) atoms. The van der Waals surface area contributed by atoms with Crippen LogP contribution in [0.1, 0.15) is 17.2 Å². The molecule has 0 aliphatic carbocycles. The molecule has 9 heteroatoms. The van der Waals surface area contributed by atoms with Gasteiger partial charge in [-0.3, -0.25) is 14.5 Å². The summed E-state index contributed by atoms with van der Waals surface area (Å²) in [5.74, 6) is -0.790. The van der Waals surface area contributed by atoms with E-state index in [1.165, 1.54) is 19.1 Å². The Morgan fingerprint density at radius 3 is 2.47 bits per heavy atom. The number of hydrogen-bond donors (Lipinski definition) is 1. The topological polar surface area (TPSA) is 88.5 Å². The van der Waals surface area contributed by atoms with Crippen LogP contribution in [0.4, 0.5) is 0 Å². The van der Waals surface area contributed by atoms with Crippen LogP contribution in [-0.2, 0) is 14.3 Å². The first-order chi connectivity index (χ1) is 16.4. The molecular formula is C25H27ClN2O6. The van der Waals surface area contributed by atoms with Gasteiger partial charge in [-0.05, 0) is 35.9 Å². The molecule has 0 spiro atoms. The Morgan fingerprint density at radius 1 is 1.06 bits per heavy atom. The fraction of sp³-hybridized carbons (Fsp3) is 0.360. The van der Waals surface area contributed by atoms with Crippen LogP contribution in [0.25, 0.3) is 5.76 Å². The molecule has 2 aromatic rings. The lowest BCUT2D eigenvalue weighted by molar-refractivity contribution is -0.140. The van der Waals surface area contributed by atoms with Crippen LogP contribution >= 0.6 is 11.6 Å². The van der Waals surface area contributed by atoms with Crippen molar-refractivity contribution in [1.29, 1.82) is 0 Å². The number of morpholine rings is 1. The van der Waals surface area contributed by atoms with Crippen molar-refractivity contribution < 1.29 is 28.9 Å². The van der Waals surface area contributed by atoms with Gasteiger partial charge in [0.25, 0.3) is 11.7 Å². The Hall–Kier alpha value is -3.07. The molecule has 0 radical (unpaired) electrons. The van der Waals surface area contributed by atoms with E-state index in [1.54, 1.807) is 42.5 Å². The second kappa shape index (κ2) is 10.5. The van der Waals surface area contributed by atoms with E-state index in [9.17, 15) is 14.7 Å². The standard InChI is InChI=1S/C25H27ClN2O6/c1-32-19-7-6-17(15-20(19)33-2)23(29)21-22(16-4-3-5-18(26)14-16)28(25(31)24(21)30)9-8-27-10-12-34-13-11-27/h3-7,14-15,22,29H,8-13H2,1-2H3/b23-21-. The summed E-state index contributed by atoms with van der Waals surface area (Å²) in [6.45, 7) is 3.70. The van der Waals surface area contributed by atoms with Gasteiger partial charge in [0, 0.05) is 36.8 Å². The summed E-state index contributed by atoms with van der Waals surface area (Å²) in [6.07, 6.45) is 0. The van der Waals surface area contributed by atoms with Gasteiger partial charge in [-0.1, -0.05) is 23.7 Å². The number of hydrogen-bond acceptors (Lipinski definition) is 7. The molecule has 1 unspecified atom stereocenters. The normalized spacial score (nSPS) is 20.6. The van der Waals surface area contributed by atoms with Crippen molar-refractivity contribution in [2.24, 2.45) is 0 Å². The second-order valence-corrected chi connectivity index (χ2v) is 8.51. The lowest BCUT2D eigenvalue weighted by atomic mass is 9.95. The summed E-state index contributed by atoms with van der Waals surface area (Å²) in [4.78, 5) is 30.0. The summed E-state index contributed by atoms with van der Waals surface area (Å²) in [5, 5.41) is 11.7. The summed E-state index contributed by atoms with van der Waals surface area (Å²) in [5.41, 5.74) is 1.01. The van der Waals surface area contributed by atoms with Gasteiger partial charge < -0.3 is 24.2 Å². The molecule has 1 amide bonds. The first-order valence-electron chi connectivity index (χ1n) is 11.0. The van der Waals surface area contributed by atoms with Crippen LogP contribution in [0, 0.1) is 0 Å². The first kappa shape index (κ1) is 24.1. The molecule has 1 N–H and O–H groups in total. The van der Waals surface area contributed by atoms with Gasteiger partial charge >= 0.3 is 0 Å². The Labute approximate surface area is 203 Å². The van der Waals surface area contributed by atoms with Crippen molar-refractivity contribution in [2.45, 2.75) is 6.04 Å². The minimum atomic E-state index is -0.771. The van der Waals surface area contributed by atoms with Crippen molar-refractivity contribution in [3.05, 3.63) is 64.2 Å². The van der Waals surface area contributed by atoms with Crippen LogP contribution in [0.3, 0.4) is 0 Å². The molecule has 2 aliphatic heterocycles. The van der Waals surface area contributed by atoms with E-state index in [4.69, 9.17) is 25.8 Å². The van der Waals surface area contributed by atoms with E-state index < -0.39 is 17.7 Å². The summed E-state index contributed by atoms with van der Waals surface area (Å²) in [6, 6.07) is 11.0. The van der Waals surface area contributed by atoms with E-state index in [2.05, 4.69) is 4.90 Å². The van der Waals surface area contributed by atoms with Gasteiger partial charge in [0.15, 0.2) is 11.5 Å². The van der Waals surface area contributed by atoms with E-state index in [1.807, 2.05) is 0 Å². The van der Waals surface area contributed by atoms with Crippen molar-refractivity contribution >= 4 is 29.1 Å². The van der Waals surface area contributed by atoms with Gasteiger partial charge in [-0.2, -0.15) is 0 Å². The Kier molecular flexibility index (Phi) is 7.41. The maximum Gasteiger partial charge on any atom is 0.295 e. The van der Waals surface area contributed by atoms with Crippen molar-refractivity contribution in [3.8, 4) is 11.5 Å². The van der Waals surface area contributed by atoms with Crippen LogP contribution in [0.15, 0.2) is 48.0 Å². The number of benzene rings is 2. The highest BCUT2D eigenvalue weighted by Gasteiger charge is 2.46. The zero-order chi connectivity index (χ0) is 24.2. The first-order valence-corrected chi connectivity index (χ1v) is 11.4. The van der Waals surface area contributed by atoms with Crippen LogP contribution in [0.5, 0.6) is 11.5 Å². The van der Waals surface area contributed by atoms with E-state index in [0.29, 0.717) is 54.0 Å². The molecule has 0 aromatic heterocycles. The molecule has 180 valence electrons. The number of nitrogens with zero attached hydrogens (tertiary/aromatic N) is 2. The molecule has 2 aliphatic rings. The predicted octanol–water partition coefficient (Wildman–Crippen LogP) is 3.11. The number of ether oxygens (including phenoxy) is 3. The average molecular weight is 487 g/mol. The van der Waals surface area contributed by atoms with Crippen molar-refractivity contribution in [2.75, 3.05) is 53.6 Å². The molecule has 2 fully saturated rings. The monoisotopic (exact) mass is 486 g/mol. The zero-order valence-electron chi connectivity index (χ0n) is 19.1. The van der Waals surface area contributed by atoms with E-state index in [-0.39, 0.29) is 11.3 Å². The summed E-state index contributed by atoms with van der Waals surface area (Å²) >= 11 is 6.24. The zero-order valence-corrected chi connectivity index (χ0v) is 19.9. The molecule has 2 heterocycles. The predicted molar refractivity (Wildman–Crippen MR) is 127 cm³/mol. The maximum absolute atomic E-state index is 13.2. The van der Waals surface area contributed by atoms with Crippen molar-refractivity contribution in [1.82, 2.24) is 9.80 Å². The number of carbonyl (C=O) groups is 2. The van der Waals surface area contributed by atoms with Gasteiger partial charge in [0.05, 0.1) is 39.0 Å². The molecule has 2 saturated heterocycles. The van der Waals surface area contributed by atoms with Gasteiger partial charge in [-0.25, -0.2) is 0 Å². The van der Waals surface area contributed by atoms with Gasteiger partial charge in [-0.15, -0.1) is 0 Å². The number of likely N-dealkylation sites (tertiary alicyclic amines) is 1. The lowest BCUT2D eigenvalue weighted by Gasteiger charge is -2.31. The lowest BCUT2D eigenvalue weighted by Crippen LogP contribution is -2.42. The number of rotatable bonds is 7. The fourth-order valence-corrected chi connectivity index (χ4v) is 4.55. The largest absolute Gasteiger partial charge is 0.507 e. The van der Waals surface area contributed by atoms with Crippen LogP contribution < -0.4 is 9.47 Å². The summed E-state index contributed by atoms with van der Waals surface area (Å²) < 4.78 is 16.0. The number of Topliss-reactive ketones (excluding diaryl/α,β-unsaturated/α-hetero) is 1. The van der Waals surface area contributed by atoms with Gasteiger partial charge in [0.1, 0.15) is 5.76 Å². The summed E-state index contributed by atoms with van der Waals surface area (Å²) in [7, 11) is 2.99. The van der Waals surface area contributed by atoms with Gasteiger partial charge in [0.2, 0.25) is 0 Å². The highest BCUT2D eigenvalue weighted by Crippen LogP contribution is 2.41.